The molecule has 5 nitrogen and oxygen atoms in total. The number of likely N-dealkylation sites (tertiary alicyclic amines) is 1. The lowest BCUT2D eigenvalue weighted by Crippen LogP contribution is -2.45. The van der Waals surface area contributed by atoms with Crippen LogP contribution in [-0.4, -0.2) is 45.6 Å². The number of fused-ring (bicyclic) bond motifs is 2. The van der Waals surface area contributed by atoms with Crippen LogP contribution in [0.3, 0.4) is 0 Å². The topological polar surface area (TPSA) is 66.3 Å². The summed E-state index contributed by atoms with van der Waals surface area (Å²) in [6.07, 6.45) is 8.76. The number of carbonyl (C=O) groups is 1. The van der Waals surface area contributed by atoms with Gasteiger partial charge in [-0.2, -0.15) is 0 Å². The highest BCUT2D eigenvalue weighted by Crippen LogP contribution is 2.43. The second-order valence-electron chi connectivity index (χ2n) is 6.80. The fraction of sp³-hybridized carbons (Fsp3) is 0.706. The molecule has 1 N–H and O–H groups in total. The normalized spacial score (nSPS) is 24.6. The van der Waals surface area contributed by atoms with Crippen molar-refractivity contribution < 1.29 is 9.90 Å². The molecule has 5 heteroatoms. The average molecular weight is 303 g/mol. The number of hydrogen-bond donors (Lipinski definition) is 1. The van der Waals surface area contributed by atoms with E-state index in [2.05, 4.69) is 9.88 Å². The van der Waals surface area contributed by atoms with Gasteiger partial charge in [0, 0.05) is 24.6 Å². The van der Waals surface area contributed by atoms with Gasteiger partial charge in [-0.15, -0.1) is 0 Å². The van der Waals surface area contributed by atoms with Crippen LogP contribution in [0.1, 0.15) is 55.6 Å². The molecule has 1 unspecified atom stereocenters. The lowest BCUT2D eigenvalue weighted by molar-refractivity contribution is -0.137. The number of carboxylic acid groups (broad SMARTS) is 1. The molecule has 22 heavy (non-hydrogen) atoms. The van der Waals surface area contributed by atoms with Crippen LogP contribution >= 0.6 is 0 Å². The van der Waals surface area contributed by atoms with Crippen molar-refractivity contribution in [3.63, 3.8) is 0 Å². The van der Waals surface area contributed by atoms with Crippen LogP contribution in [-0.2, 0) is 16.6 Å². The van der Waals surface area contributed by atoms with Gasteiger partial charge in [0.15, 0.2) is 0 Å². The van der Waals surface area contributed by atoms with Crippen molar-refractivity contribution in [2.24, 2.45) is 0 Å². The van der Waals surface area contributed by atoms with Gasteiger partial charge < -0.3 is 10.0 Å². The first-order chi connectivity index (χ1) is 10.6. The minimum absolute atomic E-state index is 0.216. The Morgan fingerprint density at radius 3 is 3.09 bits per heavy atom. The van der Waals surface area contributed by atoms with Gasteiger partial charge in [0.2, 0.25) is 0 Å². The summed E-state index contributed by atoms with van der Waals surface area (Å²) in [4.78, 5) is 22.2. The van der Waals surface area contributed by atoms with Gasteiger partial charge in [-0.25, -0.2) is 9.97 Å². The zero-order chi connectivity index (χ0) is 15.6. The molecular formula is C17H25N3O2. The Morgan fingerprint density at radius 2 is 2.27 bits per heavy atom. The second kappa shape index (κ2) is 6.32. The summed E-state index contributed by atoms with van der Waals surface area (Å²) in [6.45, 7) is 5.19. The van der Waals surface area contributed by atoms with E-state index in [0.29, 0.717) is 0 Å². The summed E-state index contributed by atoms with van der Waals surface area (Å²) >= 11 is 0. The molecule has 1 fully saturated rings. The van der Waals surface area contributed by atoms with E-state index < -0.39 is 5.97 Å². The van der Waals surface area contributed by atoms with Crippen molar-refractivity contribution in [1.29, 1.82) is 0 Å². The highest BCUT2D eigenvalue weighted by Gasteiger charge is 2.43. The molecule has 1 aromatic heterocycles. The Morgan fingerprint density at radius 1 is 1.41 bits per heavy atom. The summed E-state index contributed by atoms with van der Waals surface area (Å²) in [7, 11) is 0. The maximum absolute atomic E-state index is 10.6. The first kappa shape index (κ1) is 15.4. The minimum atomic E-state index is -0.688. The molecule has 2 aliphatic rings. The molecule has 1 aliphatic carbocycles. The van der Waals surface area contributed by atoms with E-state index >= 15 is 0 Å². The Labute approximate surface area is 131 Å². The third-order valence-electron chi connectivity index (χ3n) is 5.13. The summed E-state index contributed by atoms with van der Waals surface area (Å²) in [5.41, 5.74) is 2.84. The number of aryl methyl sites for hydroxylation is 2. The molecule has 120 valence electrons. The Bertz CT molecular complexity index is 557. The lowest BCUT2D eigenvalue weighted by atomic mass is 9.77. The van der Waals surface area contributed by atoms with Crippen molar-refractivity contribution in [3.05, 3.63) is 23.3 Å². The zero-order valence-corrected chi connectivity index (χ0v) is 13.3. The molecule has 0 radical (unpaired) electrons. The number of nitrogens with zero attached hydrogens (tertiary/aromatic N) is 3. The lowest BCUT2D eigenvalue weighted by Gasteiger charge is -2.40. The monoisotopic (exact) mass is 303 g/mol. The van der Waals surface area contributed by atoms with E-state index in [-0.39, 0.29) is 11.8 Å². The van der Waals surface area contributed by atoms with Crippen LogP contribution in [0, 0.1) is 6.92 Å². The number of rotatable bonds is 5. The highest BCUT2D eigenvalue weighted by molar-refractivity contribution is 5.66. The van der Waals surface area contributed by atoms with Gasteiger partial charge in [-0.1, -0.05) is 0 Å². The van der Waals surface area contributed by atoms with Gasteiger partial charge in [-0.05, 0) is 64.1 Å². The Kier molecular flexibility index (Phi) is 4.43. The molecular weight excluding hydrogens is 278 g/mol. The number of piperidine rings is 1. The quantitative estimate of drug-likeness (QED) is 0.846. The van der Waals surface area contributed by atoms with Gasteiger partial charge in [-0.3, -0.25) is 4.79 Å². The molecule has 1 saturated heterocycles. The smallest absolute Gasteiger partial charge is 0.303 e. The van der Waals surface area contributed by atoms with Crippen LogP contribution in [0.4, 0.5) is 0 Å². The van der Waals surface area contributed by atoms with E-state index in [1.807, 2.05) is 13.1 Å². The minimum Gasteiger partial charge on any atom is -0.481 e. The molecule has 0 saturated carbocycles. The van der Waals surface area contributed by atoms with Gasteiger partial charge in [0.05, 0.1) is 5.69 Å². The zero-order valence-electron chi connectivity index (χ0n) is 13.3. The third kappa shape index (κ3) is 3.14. The predicted octanol–water partition coefficient (Wildman–Crippen LogP) is 2.32. The molecule has 0 aromatic carbocycles. The first-order valence-corrected chi connectivity index (χ1v) is 8.36. The van der Waals surface area contributed by atoms with E-state index in [4.69, 9.17) is 10.1 Å². The fourth-order valence-corrected chi connectivity index (χ4v) is 4.06. The Balaban J connectivity index is 1.64. The van der Waals surface area contributed by atoms with Crippen molar-refractivity contribution in [1.82, 2.24) is 14.9 Å². The third-order valence-corrected chi connectivity index (χ3v) is 5.13. The fourth-order valence-electron chi connectivity index (χ4n) is 4.06. The highest BCUT2D eigenvalue weighted by atomic mass is 16.4. The standard InChI is InChI=1S/C17H25N3O2/c1-13-18-11-14-6-8-17(16(14)19-13)7-4-10-20(12-17)9-3-2-5-15(21)22/h11H,2-10,12H2,1H3,(H,21,22). The predicted molar refractivity (Wildman–Crippen MR) is 83.9 cm³/mol. The van der Waals surface area contributed by atoms with Crippen LogP contribution in [0.15, 0.2) is 6.20 Å². The number of aliphatic carboxylic acids is 1. The molecule has 0 amide bonds. The van der Waals surface area contributed by atoms with Crippen LogP contribution in [0.2, 0.25) is 0 Å². The van der Waals surface area contributed by atoms with E-state index in [9.17, 15) is 4.79 Å². The molecule has 1 aliphatic heterocycles. The van der Waals surface area contributed by atoms with Gasteiger partial charge in [0.1, 0.15) is 5.82 Å². The van der Waals surface area contributed by atoms with Crippen LogP contribution in [0.5, 0.6) is 0 Å². The van der Waals surface area contributed by atoms with Gasteiger partial charge in [0.25, 0.3) is 0 Å². The van der Waals surface area contributed by atoms with Crippen LogP contribution < -0.4 is 0 Å². The molecule has 2 heterocycles. The summed E-state index contributed by atoms with van der Waals surface area (Å²) in [5.74, 6) is 0.186. The van der Waals surface area contributed by atoms with E-state index in [0.717, 1.165) is 44.7 Å². The van der Waals surface area contributed by atoms with Crippen molar-refractivity contribution in [3.8, 4) is 0 Å². The molecule has 3 rings (SSSR count). The summed E-state index contributed by atoms with van der Waals surface area (Å²) in [6, 6.07) is 0. The second-order valence-corrected chi connectivity index (χ2v) is 6.80. The molecule has 1 spiro atoms. The molecule has 1 atom stereocenters. The molecule has 1 aromatic rings. The SMILES string of the molecule is Cc1ncc2c(n1)C1(CCCN(CCCCC(=O)O)C1)CC2. The number of hydrogen-bond acceptors (Lipinski definition) is 4. The maximum atomic E-state index is 10.6. The van der Waals surface area contributed by atoms with Crippen molar-refractivity contribution in [2.75, 3.05) is 19.6 Å². The number of carboxylic acids is 1. The van der Waals surface area contributed by atoms with Crippen LogP contribution in [0.25, 0.3) is 0 Å². The van der Waals surface area contributed by atoms with E-state index in [1.54, 1.807) is 0 Å². The number of unbranched alkanes of at least 4 members (excludes halogenated alkanes) is 1. The first-order valence-electron chi connectivity index (χ1n) is 8.36. The van der Waals surface area contributed by atoms with Gasteiger partial charge >= 0.3 is 5.97 Å². The summed E-state index contributed by atoms with van der Waals surface area (Å²) < 4.78 is 0. The molecule has 0 bridgehead atoms. The van der Waals surface area contributed by atoms with Crippen molar-refractivity contribution >= 4 is 5.97 Å². The van der Waals surface area contributed by atoms with E-state index in [1.165, 1.54) is 30.5 Å². The summed E-state index contributed by atoms with van der Waals surface area (Å²) in [5, 5.41) is 8.73. The Hall–Kier alpha value is -1.49. The maximum Gasteiger partial charge on any atom is 0.303 e. The van der Waals surface area contributed by atoms with Crippen molar-refractivity contribution in [2.45, 2.75) is 57.3 Å². The number of aromatic nitrogens is 2. The largest absolute Gasteiger partial charge is 0.481 e. The average Bonchev–Trinajstić information content (AvgIpc) is 2.82.